The molecule has 1 aromatic heterocycles. The van der Waals surface area contributed by atoms with E-state index >= 15 is 0 Å². The Bertz CT molecular complexity index is 1210. The van der Waals surface area contributed by atoms with Crippen molar-refractivity contribution in [2.45, 2.75) is 39.2 Å². The maximum absolute atomic E-state index is 14.9. The molecule has 2 heterocycles. The number of nitrogens with zero attached hydrogens (tertiary/aromatic N) is 3. The summed E-state index contributed by atoms with van der Waals surface area (Å²) in [6.45, 7) is 9.42. The first-order valence-electron chi connectivity index (χ1n) is 11.9. The van der Waals surface area contributed by atoms with E-state index in [2.05, 4.69) is 15.5 Å². The molecular formula is C27H31FN4O4. The molecule has 1 unspecified atom stereocenters. The second-order valence-electron chi connectivity index (χ2n) is 9.58. The van der Waals surface area contributed by atoms with Crippen LogP contribution in [-0.4, -0.2) is 54.0 Å². The number of aliphatic imine (C=N–C) groups is 1. The zero-order chi connectivity index (χ0) is 25.7. The highest BCUT2D eigenvalue weighted by Crippen LogP contribution is 2.30. The predicted octanol–water partition coefficient (Wildman–Crippen LogP) is 5.48. The Kier molecular flexibility index (Phi) is 7.69. The molecule has 0 spiro atoms. The molecule has 8 nitrogen and oxygen atoms in total. The molecule has 3 aromatic rings. The molecule has 190 valence electrons. The molecule has 2 aromatic carbocycles. The fourth-order valence-electron chi connectivity index (χ4n) is 3.81. The van der Waals surface area contributed by atoms with Gasteiger partial charge >= 0.3 is 6.09 Å². The smallest absolute Gasteiger partial charge is 0.414 e. The van der Waals surface area contributed by atoms with Gasteiger partial charge in [0.15, 0.2) is 0 Å². The number of carbonyl (C=O) groups is 1. The molecule has 0 saturated carbocycles. The monoisotopic (exact) mass is 494 g/mol. The average Bonchev–Trinajstić information content (AvgIpc) is 3.31. The molecular weight excluding hydrogens is 463 g/mol. The number of aromatic nitrogens is 1. The Morgan fingerprint density at radius 1 is 1.14 bits per heavy atom. The average molecular weight is 495 g/mol. The number of rotatable bonds is 4. The Balaban J connectivity index is 1.54. The summed E-state index contributed by atoms with van der Waals surface area (Å²) in [5.74, 6) is -0.0249. The number of guanidine groups is 1. The minimum atomic E-state index is -0.652. The van der Waals surface area contributed by atoms with E-state index in [1.165, 1.54) is 6.07 Å². The van der Waals surface area contributed by atoms with Crippen molar-refractivity contribution in [3.05, 3.63) is 71.7 Å². The van der Waals surface area contributed by atoms with Gasteiger partial charge in [0.1, 0.15) is 11.4 Å². The van der Waals surface area contributed by atoms with Crippen molar-refractivity contribution in [2.24, 2.45) is 4.99 Å². The van der Waals surface area contributed by atoms with Crippen LogP contribution in [0.5, 0.6) is 0 Å². The lowest BCUT2D eigenvalue weighted by Crippen LogP contribution is -2.49. The van der Waals surface area contributed by atoms with Crippen molar-refractivity contribution in [3.8, 4) is 11.1 Å². The van der Waals surface area contributed by atoms with E-state index in [1.807, 2.05) is 48.2 Å². The van der Waals surface area contributed by atoms with Crippen LogP contribution < -0.4 is 5.32 Å². The molecule has 36 heavy (non-hydrogen) atoms. The second-order valence-corrected chi connectivity index (χ2v) is 9.58. The number of amides is 1. The summed E-state index contributed by atoms with van der Waals surface area (Å²) in [5.41, 5.74) is 2.07. The SMILES string of the molecule is CC(c1ccc(-c2ccccc2)c(F)c1)c1cc(N=C(NC(=O)OC(C)(C)C)N2CCOCC2)on1. The molecule has 1 atom stereocenters. The molecule has 1 amide bonds. The lowest BCUT2D eigenvalue weighted by molar-refractivity contribution is 0.0514. The molecule has 1 aliphatic heterocycles. The molecule has 1 fully saturated rings. The predicted molar refractivity (Wildman–Crippen MR) is 135 cm³/mol. The molecule has 0 radical (unpaired) electrons. The van der Waals surface area contributed by atoms with Gasteiger partial charge in [-0.25, -0.2) is 9.18 Å². The Morgan fingerprint density at radius 2 is 1.86 bits per heavy atom. The van der Waals surface area contributed by atoms with E-state index in [0.717, 1.165) is 11.1 Å². The van der Waals surface area contributed by atoms with Crippen LogP contribution >= 0.6 is 0 Å². The van der Waals surface area contributed by atoms with Gasteiger partial charge in [-0.1, -0.05) is 54.5 Å². The van der Waals surface area contributed by atoms with Gasteiger partial charge in [0.05, 0.1) is 18.9 Å². The van der Waals surface area contributed by atoms with Gasteiger partial charge in [0, 0.05) is 30.6 Å². The summed E-state index contributed by atoms with van der Waals surface area (Å²) in [5, 5.41) is 6.86. The maximum Gasteiger partial charge on any atom is 0.414 e. The number of halogens is 1. The highest BCUT2D eigenvalue weighted by atomic mass is 19.1. The van der Waals surface area contributed by atoms with Gasteiger partial charge in [0.25, 0.3) is 5.88 Å². The number of ether oxygens (including phenoxy) is 2. The lowest BCUT2D eigenvalue weighted by Gasteiger charge is -2.30. The zero-order valence-electron chi connectivity index (χ0n) is 21.0. The number of carbonyl (C=O) groups excluding carboxylic acids is 1. The summed E-state index contributed by atoms with van der Waals surface area (Å²) >= 11 is 0. The summed E-state index contributed by atoms with van der Waals surface area (Å²) in [6.07, 6.45) is -0.616. The van der Waals surface area contributed by atoms with Crippen molar-refractivity contribution >= 4 is 17.9 Å². The molecule has 9 heteroatoms. The number of alkyl carbamates (subject to hydrolysis) is 1. The molecule has 0 aliphatic carbocycles. The van der Waals surface area contributed by atoms with Gasteiger partial charge in [-0.3, -0.25) is 5.32 Å². The first-order valence-corrected chi connectivity index (χ1v) is 11.9. The number of nitrogens with one attached hydrogen (secondary N) is 1. The van der Waals surface area contributed by atoms with E-state index in [4.69, 9.17) is 14.0 Å². The standard InChI is InChI=1S/C27H31FN4O4/c1-18(20-10-11-21(22(28)16-20)19-8-6-5-7-9-19)23-17-24(36-31-23)29-25(32-12-14-34-15-13-32)30-26(33)35-27(2,3)4/h5-11,16-18H,12-15H2,1-4H3,(H,29,30,33). The number of benzene rings is 2. The van der Waals surface area contributed by atoms with Gasteiger partial charge in [-0.2, -0.15) is 4.99 Å². The van der Waals surface area contributed by atoms with Crippen LogP contribution in [-0.2, 0) is 9.47 Å². The fourth-order valence-corrected chi connectivity index (χ4v) is 3.81. The summed E-state index contributed by atoms with van der Waals surface area (Å²) < 4.78 is 31.1. The van der Waals surface area contributed by atoms with E-state index in [1.54, 1.807) is 32.9 Å². The van der Waals surface area contributed by atoms with Crippen LogP contribution in [0.3, 0.4) is 0 Å². The van der Waals surface area contributed by atoms with Gasteiger partial charge in [-0.15, -0.1) is 0 Å². The van der Waals surface area contributed by atoms with Gasteiger partial charge < -0.3 is 18.9 Å². The maximum atomic E-state index is 14.9. The van der Waals surface area contributed by atoms with Crippen LogP contribution in [0.25, 0.3) is 11.1 Å². The van der Waals surface area contributed by atoms with Crippen LogP contribution in [0, 0.1) is 5.82 Å². The topological polar surface area (TPSA) is 89.2 Å². The van der Waals surface area contributed by atoms with Crippen molar-refractivity contribution in [1.82, 2.24) is 15.4 Å². The third-order valence-electron chi connectivity index (χ3n) is 5.68. The van der Waals surface area contributed by atoms with E-state index in [0.29, 0.717) is 43.5 Å². The molecule has 4 rings (SSSR count). The number of morpholine rings is 1. The summed E-state index contributed by atoms with van der Waals surface area (Å²) in [6, 6.07) is 16.3. The summed E-state index contributed by atoms with van der Waals surface area (Å²) in [4.78, 5) is 18.8. The first-order chi connectivity index (χ1) is 17.2. The van der Waals surface area contributed by atoms with Crippen LogP contribution in [0.2, 0.25) is 0 Å². The van der Waals surface area contributed by atoms with Crippen molar-refractivity contribution in [3.63, 3.8) is 0 Å². The van der Waals surface area contributed by atoms with Crippen LogP contribution in [0.1, 0.15) is 44.9 Å². The van der Waals surface area contributed by atoms with Crippen LogP contribution in [0.15, 0.2) is 64.1 Å². The first kappa shape index (κ1) is 25.4. The lowest BCUT2D eigenvalue weighted by atomic mass is 9.95. The molecule has 1 N–H and O–H groups in total. The fraction of sp³-hybridized carbons (Fsp3) is 0.370. The normalized spacial score (nSPS) is 15.5. The molecule has 1 saturated heterocycles. The molecule has 0 bridgehead atoms. The Labute approximate surface area is 210 Å². The summed E-state index contributed by atoms with van der Waals surface area (Å²) in [7, 11) is 0. The quantitative estimate of drug-likeness (QED) is 0.382. The number of hydrogen-bond acceptors (Lipinski definition) is 6. The van der Waals surface area contributed by atoms with E-state index < -0.39 is 11.7 Å². The third kappa shape index (κ3) is 6.48. The van der Waals surface area contributed by atoms with Gasteiger partial charge in [0.2, 0.25) is 5.96 Å². The second kappa shape index (κ2) is 10.9. The Hall–Kier alpha value is -3.72. The van der Waals surface area contributed by atoms with Gasteiger partial charge in [-0.05, 0) is 38.0 Å². The highest BCUT2D eigenvalue weighted by molar-refractivity contribution is 5.95. The number of hydrogen-bond donors (Lipinski definition) is 1. The third-order valence-corrected chi connectivity index (χ3v) is 5.68. The zero-order valence-corrected chi connectivity index (χ0v) is 21.0. The molecule has 1 aliphatic rings. The van der Waals surface area contributed by atoms with E-state index in [-0.39, 0.29) is 17.6 Å². The van der Waals surface area contributed by atoms with Crippen molar-refractivity contribution < 1.29 is 23.2 Å². The largest absolute Gasteiger partial charge is 0.444 e. The van der Waals surface area contributed by atoms with E-state index in [9.17, 15) is 9.18 Å². The highest BCUT2D eigenvalue weighted by Gasteiger charge is 2.23. The van der Waals surface area contributed by atoms with Crippen molar-refractivity contribution in [1.29, 1.82) is 0 Å². The van der Waals surface area contributed by atoms with Crippen LogP contribution in [0.4, 0.5) is 15.1 Å². The minimum Gasteiger partial charge on any atom is -0.444 e. The Morgan fingerprint density at radius 3 is 2.53 bits per heavy atom. The minimum absolute atomic E-state index is 0.218. The van der Waals surface area contributed by atoms with Crippen molar-refractivity contribution in [2.75, 3.05) is 26.3 Å².